The molecule has 4 fully saturated rings. The van der Waals surface area contributed by atoms with Gasteiger partial charge in [-0.15, -0.1) is 0 Å². The van der Waals surface area contributed by atoms with Gasteiger partial charge in [0.05, 0.1) is 5.56 Å². The Morgan fingerprint density at radius 2 is 2.15 bits per heavy atom. The fourth-order valence-corrected chi connectivity index (χ4v) is 8.66. The SMILES string of the molecule is CCC1Cc2ncc(C(=O)NO)cc2CN1CC12C(C)C3C4C(C)C1C4C32. The van der Waals surface area contributed by atoms with Crippen LogP contribution in [0.3, 0.4) is 0 Å². The summed E-state index contributed by atoms with van der Waals surface area (Å²) in [6, 6.07) is 2.47. The normalized spacial score (nSPS) is 48.1. The van der Waals surface area contributed by atoms with Crippen LogP contribution in [-0.2, 0) is 13.0 Å². The monoisotopic (exact) mass is 367 g/mol. The number of fused-ring (bicyclic) bond motifs is 3. The molecule has 5 nitrogen and oxygen atoms in total. The van der Waals surface area contributed by atoms with Gasteiger partial charge in [0.1, 0.15) is 0 Å². The second-order valence-electron chi connectivity index (χ2n) is 9.99. The van der Waals surface area contributed by atoms with Crippen molar-refractivity contribution in [2.45, 2.75) is 46.2 Å². The van der Waals surface area contributed by atoms with Gasteiger partial charge in [-0.2, -0.15) is 0 Å². The maximum absolute atomic E-state index is 11.8. The van der Waals surface area contributed by atoms with Gasteiger partial charge in [0.2, 0.25) is 0 Å². The van der Waals surface area contributed by atoms with Crippen molar-refractivity contribution in [3.8, 4) is 0 Å². The average Bonchev–Trinajstić information content (AvgIpc) is 2.67. The van der Waals surface area contributed by atoms with E-state index >= 15 is 0 Å². The van der Waals surface area contributed by atoms with E-state index < -0.39 is 5.91 Å². The van der Waals surface area contributed by atoms with Gasteiger partial charge in [0, 0.05) is 37.4 Å². The maximum Gasteiger partial charge on any atom is 0.276 e. The van der Waals surface area contributed by atoms with E-state index in [0.29, 0.717) is 17.0 Å². The summed E-state index contributed by atoms with van der Waals surface area (Å²) in [5, 5.41) is 8.93. The first-order valence-electron chi connectivity index (χ1n) is 10.7. The Morgan fingerprint density at radius 3 is 2.81 bits per heavy atom. The van der Waals surface area contributed by atoms with E-state index in [2.05, 4.69) is 30.7 Å². The number of amides is 1. The Balaban J connectivity index is 1.28. The predicted molar refractivity (Wildman–Crippen MR) is 99.9 cm³/mol. The summed E-state index contributed by atoms with van der Waals surface area (Å²) in [4.78, 5) is 19.0. The number of carbonyl (C=O) groups excluding carboxylic acids is 1. The molecular weight excluding hydrogens is 338 g/mol. The lowest BCUT2D eigenvalue weighted by molar-refractivity contribution is -0.487. The summed E-state index contributed by atoms with van der Waals surface area (Å²) in [7, 11) is 0. The number of carbonyl (C=O) groups is 1. The number of nitrogens with zero attached hydrogens (tertiary/aromatic N) is 2. The second-order valence-corrected chi connectivity index (χ2v) is 9.99. The second kappa shape index (κ2) is 5.12. The predicted octanol–water partition coefficient (Wildman–Crippen LogP) is 2.73. The Kier molecular flexibility index (Phi) is 3.13. The van der Waals surface area contributed by atoms with E-state index in [-0.39, 0.29) is 0 Å². The van der Waals surface area contributed by atoms with Crippen molar-refractivity contribution in [1.82, 2.24) is 15.4 Å². The van der Waals surface area contributed by atoms with E-state index in [1.165, 1.54) is 6.54 Å². The molecule has 1 aromatic heterocycles. The van der Waals surface area contributed by atoms with Gasteiger partial charge in [0.25, 0.3) is 5.91 Å². The first-order valence-corrected chi connectivity index (χ1v) is 10.7. The number of hydrogen-bond acceptors (Lipinski definition) is 4. The summed E-state index contributed by atoms with van der Waals surface area (Å²) < 4.78 is 0. The third kappa shape index (κ3) is 1.66. The fourth-order valence-electron chi connectivity index (χ4n) is 8.66. The molecule has 9 unspecified atom stereocenters. The summed E-state index contributed by atoms with van der Waals surface area (Å²) in [5.74, 6) is 6.49. The van der Waals surface area contributed by atoms with Gasteiger partial charge in [-0.25, -0.2) is 5.48 Å². The summed E-state index contributed by atoms with van der Waals surface area (Å²) in [6.45, 7) is 9.42. The molecule has 1 aliphatic heterocycles. The molecule has 2 N–H and O–H groups in total. The van der Waals surface area contributed by atoms with Crippen molar-refractivity contribution in [2.24, 2.45) is 46.8 Å². The molecule has 4 aliphatic carbocycles. The molecule has 0 bridgehead atoms. The third-order valence-corrected chi connectivity index (χ3v) is 9.66. The lowest BCUT2D eigenvalue weighted by Gasteiger charge is -2.95. The third-order valence-electron chi connectivity index (χ3n) is 9.66. The number of aromatic nitrogens is 1. The highest BCUT2D eigenvalue weighted by atomic mass is 16.5. The fraction of sp³-hybridized carbons (Fsp3) is 0.727. The minimum absolute atomic E-state index is 0.444. The number of pyridine rings is 1. The molecular formula is C22H29N3O2. The highest BCUT2D eigenvalue weighted by molar-refractivity contribution is 5.93. The number of rotatable bonds is 4. The zero-order valence-corrected chi connectivity index (χ0v) is 16.4. The molecule has 0 spiro atoms. The van der Waals surface area contributed by atoms with Gasteiger partial charge >= 0.3 is 0 Å². The number of nitrogens with one attached hydrogen (secondary N) is 1. The molecule has 0 radical (unpaired) electrons. The van der Waals surface area contributed by atoms with Crippen molar-refractivity contribution < 1.29 is 10.0 Å². The van der Waals surface area contributed by atoms with Crippen LogP contribution in [0.5, 0.6) is 0 Å². The Morgan fingerprint density at radius 1 is 1.33 bits per heavy atom. The van der Waals surface area contributed by atoms with Crippen molar-refractivity contribution in [2.75, 3.05) is 6.54 Å². The molecule has 5 heteroatoms. The van der Waals surface area contributed by atoms with E-state index in [9.17, 15) is 4.79 Å². The van der Waals surface area contributed by atoms with Gasteiger partial charge in [-0.05, 0) is 64.9 Å². The van der Waals surface area contributed by atoms with Crippen LogP contribution in [0.15, 0.2) is 12.3 Å². The smallest absolute Gasteiger partial charge is 0.276 e. The zero-order valence-electron chi connectivity index (χ0n) is 16.4. The lowest BCUT2D eigenvalue weighted by atomic mass is 9.09. The Hall–Kier alpha value is -1.46. The Bertz CT molecular complexity index is 827. The van der Waals surface area contributed by atoms with Crippen LogP contribution >= 0.6 is 0 Å². The van der Waals surface area contributed by atoms with Gasteiger partial charge in [-0.1, -0.05) is 20.8 Å². The largest absolute Gasteiger partial charge is 0.295 e. The van der Waals surface area contributed by atoms with Crippen LogP contribution in [0.1, 0.15) is 48.8 Å². The van der Waals surface area contributed by atoms with Crippen molar-refractivity contribution >= 4 is 5.91 Å². The molecule has 0 aromatic carbocycles. The summed E-state index contributed by atoms with van der Waals surface area (Å²) >= 11 is 0. The topological polar surface area (TPSA) is 65.5 Å². The number of hydroxylamine groups is 1. The van der Waals surface area contributed by atoms with Crippen LogP contribution < -0.4 is 5.48 Å². The maximum atomic E-state index is 11.8. The molecule has 5 aliphatic rings. The summed E-state index contributed by atoms with van der Waals surface area (Å²) in [5.41, 5.74) is 5.02. The summed E-state index contributed by atoms with van der Waals surface area (Å²) in [6.07, 6.45) is 3.70. The van der Waals surface area contributed by atoms with Crippen molar-refractivity contribution in [1.29, 1.82) is 0 Å². The minimum Gasteiger partial charge on any atom is -0.295 e. The first-order chi connectivity index (χ1) is 13.0. The van der Waals surface area contributed by atoms with Gasteiger partial charge < -0.3 is 0 Å². The average molecular weight is 367 g/mol. The zero-order chi connectivity index (χ0) is 18.7. The number of hydrogen-bond donors (Lipinski definition) is 2. The van der Waals surface area contributed by atoms with Gasteiger partial charge in [0.15, 0.2) is 0 Å². The highest BCUT2D eigenvalue weighted by Gasteiger charge is 2.91. The first kappa shape index (κ1) is 16.5. The van der Waals surface area contributed by atoms with Crippen molar-refractivity contribution in [3.05, 3.63) is 29.1 Å². The lowest BCUT2D eigenvalue weighted by Crippen LogP contribution is -2.93. The molecule has 1 aromatic rings. The molecule has 0 saturated heterocycles. The van der Waals surface area contributed by atoms with Crippen LogP contribution in [0.4, 0.5) is 0 Å². The van der Waals surface area contributed by atoms with Gasteiger partial charge in [-0.3, -0.25) is 19.9 Å². The molecule has 144 valence electrons. The van der Waals surface area contributed by atoms with Crippen LogP contribution in [0, 0.1) is 46.8 Å². The molecule has 4 saturated carbocycles. The van der Waals surface area contributed by atoms with Crippen LogP contribution in [0.25, 0.3) is 0 Å². The van der Waals surface area contributed by atoms with Crippen molar-refractivity contribution in [3.63, 3.8) is 0 Å². The molecule has 2 heterocycles. The van der Waals surface area contributed by atoms with Crippen LogP contribution in [-0.4, -0.2) is 33.6 Å². The Labute approximate surface area is 160 Å². The molecule has 1 amide bonds. The molecule has 9 atom stereocenters. The standard InChI is InChI=1S/C22H29N3O2/c1-4-14-6-15-13(5-12(7-23-15)21(26)24-27)8-25(14)9-22-11(3)17-16-10(2)19(22)18(16)20(17)22/h5,7,10-11,14,16-20,27H,4,6,8-9H2,1-3H3,(H,24,26). The highest BCUT2D eigenvalue weighted by Crippen LogP contribution is 2.93. The van der Waals surface area contributed by atoms with E-state index in [4.69, 9.17) is 5.21 Å². The van der Waals surface area contributed by atoms with E-state index in [1.54, 1.807) is 11.7 Å². The molecule has 6 rings (SSSR count). The van der Waals surface area contributed by atoms with Crippen LogP contribution in [0.2, 0.25) is 0 Å². The minimum atomic E-state index is -0.478. The van der Waals surface area contributed by atoms with E-state index in [1.807, 2.05) is 6.07 Å². The van der Waals surface area contributed by atoms with E-state index in [0.717, 1.165) is 72.1 Å². The quantitative estimate of drug-likeness (QED) is 0.634. The molecule has 27 heavy (non-hydrogen) atoms.